The highest BCUT2D eigenvalue weighted by molar-refractivity contribution is 9.10. The third-order valence-electron chi connectivity index (χ3n) is 2.68. The zero-order valence-electron chi connectivity index (χ0n) is 10.8. The second kappa shape index (κ2) is 6.24. The Kier molecular flexibility index (Phi) is 4.59. The number of nitrogens with zero attached hydrogens (tertiary/aromatic N) is 1. The standard InChI is InChI=1S/C14H9BrClNO4/c1-8(18)10-6-5-9(15)7-13(10)21-14-11(16)3-2-4-12(14)17(19)20/h2-7H,1H3. The Morgan fingerprint density at radius 2 is 2.05 bits per heavy atom. The number of carbonyl (C=O) groups excluding carboxylic acids is 1. The van der Waals surface area contributed by atoms with Gasteiger partial charge in [-0.15, -0.1) is 0 Å². The lowest BCUT2D eigenvalue weighted by Crippen LogP contribution is -1.99. The molecule has 0 aliphatic heterocycles. The fourth-order valence-electron chi connectivity index (χ4n) is 1.72. The Balaban J connectivity index is 2.55. The van der Waals surface area contributed by atoms with Gasteiger partial charge in [0.1, 0.15) is 5.75 Å². The molecule has 0 aromatic heterocycles. The molecule has 2 aromatic carbocycles. The molecule has 0 amide bonds. The summed E-state index contributed by atoms with van der Waals surface area (Å²) in [6.45, 7) is 1.39. The van der Waals surface area contributed by atoms with Crippen LogP contribution in [0.4, 0.5) is 5.69 Å². The molecule has 0 aliphatic carbocycles. The van der Waals surface area contributed by atoms with Crippen LogP contribution in [0.1, 0.15) is 17.3 Å². The van der Waals surface area contributed by atoms with Gasteiger partial charge in [-0.2, -0.15) is 0 Å². The predicted molar refractivity (Wildman–Crippen MR) is 82.3 cm³/mol. The number of hydrogen-bond acceptors (Lipinski definition) is 4. The van der Waals surface area contributed by atoms with Gasteiger partial charge in [-0.3, -0.25) is 14.9 Å². The summed E-state index contributed by atoms with van der Waals surface area (Å²) in [6.07, 6.45) is 0. The minimum atomic E-state index is -0.591. The molecule has 2 rings (SSSR count). The van der Waals surface area contributed by atoms with Crippen molar-refractivity contribution in [3.05, 3.63) is 61.6 Å². The molecule has 0 unspecified atom stereocenters. The van der Waals surface area contributed by atoms with E-state index >= 15 is 0 Å². The molecule has 7 heteroatoms. The van der Waals surface area contributed by atoms with Crippen LogP contribution in [0.25, 0.3) is 0 Å². The molecule has 0 saturated heterocycles. The molecule has 0 bridgehead atoms. The van der Waals surface area contributed by atoms with Gasteiger partial charge in [-0.05, 0) is 31.2 Å². The molecule has 21 heavy (non-hydrogen) atoms. The van der Waals surface area contributed by atoms with E-state index < -0.39 is 4.92 Å². The number of benzene rings is 2. The van der Waals surface area contributed by atoms with Crippen molar-refractivity contribution in [1.29, 1.82) is 0 Å². The summed E-state index contributed by atoms with van der Waals surface area (Å²) in [6, 6.07) is 9.04. The number of ketones is 1. The zero-order valence-corrected chi connectivity index (χ0v) is 13.1. The molecule has 0 N–H and O–H groups in total. The van der Waals surface area contributed by atoms with E-state index in [2.05, 4.69) is 15.9 Å². The van der Waals surface area contributed by atoms with Crippen LogP contribution in [0.15, 0.2) is 40.9 Å². The summed E-state index contributed by atoms with van der Waals surface area (Å²) >= 11 is 9.24. The third kappa shape index (κ3) is 3.40. The topological polar surface area (TPSA) is 69.4 Å². The molecular weight excluding hydrogens is 362 g/mol. The molecule has 2 aromatic rings. The number of nitro benzene ring substituents is 1. The number of hydrogen-bond donors (Lipinski definition) is 0. The lowest BCUT2D eigenvalue weighted by atomic mass is 10.1. The highest BCUT2D eigenvalue weighted by atomic mass is 79.9. The average molecular weight is 371 g/mol. The quantitative estimate of drug-likeness (QED) is 0.431. The van der Waals surface area contributed by atoms with Crippen molar-refractivity contribution in [2.75, 3.05) is 0 Å². The summed E-state index contributed by atoms with van der Waals surface area (Å²) in [5.74, 6) is -0.106. The van der Waals surface area contributed by atoms with Crippen molar-refractivity contribution in [1.82, 2.24) is 0 Å². The fraction of sp³-hybridized carbons (Fsp3) is 0.0714. The molecule has 0 radical (unpaired) electrons. The highest BCUT2D eigenvalue weighted by Gasteiger charge is 2.21. The van der Waals surface area contributed by atoms with E-state index in [1.54, 1.807) is 18.2 Å². The maximum atomic E-state index is 11.6. The Morgan fingerprint density at radius 1 is 1.33 bits per heavy atom. The lowest BCUT2D eigenvalue weighted by Gasteiger charge is -2.11. The Morgan fingerprint density at radius 3 is 2.67 bits per heavy atom. The monoisotopic (exact) mass is 369 g/mol. The van der Waals surface area contributed by atoms with E-state index in [1.165, 1.54) is 25.1 Å². The first kappa shape index (κ1) is 15.5. The van der Waals surface area contributed by atoms with Gasteiger partial charge in [0.05, 0.1) is 15.5 Å². The Hall–Kier alpha value is -1.92. The van der Waals surface area contributed by atoms with Crippen LogP contribution in [0.3, 0.4) is 0 Å². The number of carbonyl (C=O) groups is 1. The number of halogens is 2. The number of nitro groups is 1. The number of ether oxygens (including phenoxy) is 1. The minimum Gasteiger partial charge on any atom is -0.448 e. The SMILES string of the molecule is CC(=O)c1ccc(Br)cc1Oc1c(Cl)cccc1[N+](=O)[O-]. The zero-order chi connectivity index (χ0) is 15.6. The second-order valence-corrected chi connectivity index (χ2v) is 5.47. The maximum Gasteiger partial charge on any atom is 0.313 e. The van der Waals surface area contributed by atoms with Gasteiger partial charge >= 0.3 is 5.69 Å². The Labute approximate surface area is 133 Å². The normalized spacial score (nSPS) is 10.2. The van der Waals surface area contributed by atoms with Crippen LogP contribution in [-0.2, 0) is 0 Å². The molecule has 0 saturated carbocycles. The van der Waals surface area contributed by atoms with Crippen molar-refractivity contribution in [3.63, 3.8) is 0 Å². The van der Waals surface area contributed by atoms with Gasteiger partial charge in [0.2, 0.25) is 5.75 Å². The van der Waals surface area contributed by atoms with Gasteiger partial charge in [-0.1, -0.05) is 33.6 Å². The molecule has 0 heterocycles. The molecular formula is C14H9BrClNO4. The van der Waals surface area contributed by atoms with E-state index in [1.807, 2.05) is 0 Å². The molecule has 0 fully saturated rings. The summed E-state index contributed by atoms with van der Waals surface area (Å²) in [5.41, 5.74) is 0.0457. The van der Waals surface area contributed by atoms with Crippen molar-refractivity contribution in [2.24, 2.45) is 0 Å². The van der Waals surface area contributed by atoms with Crippen molar-refractivity contribution in [2.45, 2.75) is 6.92 Å². The minimum absolute atomic E-state index is 0.0928. The van der Waals surface area contributed by atoms with Gasteiger partial charge in [-0.25, -0.2) is 0 Å². The molecule has 108 valence electrons. The second-order valence-electron chi connectivity index (χ2n) is 4.14. The number of para-hydroxylation sites is 1. The van der Waals surface area contributed by atoms with E-state index in [0.717, 1.165) is 0 Å². The molecule has 5 nitrogen and oxygen atoms in total. The van der Waals surface area contributed by atoms with E-state index in [-0.39, 0.29) is 28.0 Å². The third-order valence-corrected chi connectivity index (χ3v) is 3.47. The van der Waals surface area contributed by atoms with Gasteiger partial charge < -0.3 is 4.74 Å². The molecule has 0 atom stereocenters. The van der Waals surface area contributed by atoms with E-state index in [9.17, 15) is 14.9 Å². The molecule has 0 spiro atoms. The largest absolute Gasteiger partial charge is 0.448 e. The summed E-state index contributed by atoms with van der Waals surface area (Å²) in [4.78, 5) is 22.1. The van der Waals surface area contributed by atoms with Crippen molar-refractivity contribution >= 4 is 39.0 Å². The first-order valence-corrected chi connectivity index (χ1v) is 6.98. The van der Waals surface area contributed by atoms with Crippen LogP contribution in [-0.4, -0.2) is 10.7 Å². The predicted octanol–water partition coefficient (Wildman–Crippen LogP) is 5.01. The fourth-order valence-corrected chi connectivity index (χ4v) is 2.27. The number of rotatable bonds is 4. The van der Waals surface area contributed by atoms with Crippen LogP contribution in [0, 0.1) is 10.1 Å². The summed E-state index contributed by atoms with van der Waals surface area (Å²) in [5, 5.41) is 11.1. The van der Waals surface area contributed by atoms with Crippen molar-refractivity contribution < 1.29 is 14.5 Å². The first-order chi connectivity index (χ1) is 9.90. The van der Waals surface area contributed by atoms with Crippen LogP contribution in [0.5, 0.6) is 11.5 Å². The maximum absolute atomic E-state index is 11.6. The van der Waals surface area contributed by atoms with Crippen LogP contribution < -0.4 is 4.74 Å². The first-order valence-electron chi connectivity index (χ1n) is 5.81. The highest BCUT2D eigenvalue weighted by Crippen LogP contribution is 2.39. The summed E-state index contributed by atoms with van der Waals surface area (Å²) < 4.78 is 6.23. The Bertz CT molecular complexity index is 733. The molecule has 0 aliphatic rings. The number of Topliss-reactive ketones (excluding diaryl/α,β-unsaturated/α-hetero) is 1. The van der Waals surface area contributed by atoms with Gasteiger partial charge in [0.25, 0.3) is 0 Å². The van der Waals surface area contributed by atoms with E-state index in [0.29, 0.717) is 10.0 Å². The lowest BCUT2D eigenvalue weighted by molar-refractivity contribution is -0.385. The van der Waals surface area contributed by atoms with Gasteiger partial charge in [0, 0.05) is 10.5 Å². The average Bonchev–Trinajstić information content (AvgIpc) is 2.40. The van der Waals surface area contributed by atoms with E-state index in [4.69, 9.17) is 16.3 Å². The van der Waals surface area contributed by atoms with Crippen LogP contribution >= 0.6 is 27.5 Å². The van der Waals surface area contributed by atoms with Crippen molar-refractivity contribution in [3.8, 4) is 11.5 Å². The smallest absolute Gasteiger partial charge is 0.313 e. The van der Waals surface area contributed by atoms with Gasteiger partial charge in [0.15, 0.2) is 5.78 Å². The summed E-state index contributed by atoms with van der Waals surface area (Å²) in [7, 11) is 0. The van der Waals surface area contributed by atoms with Crippen LogP contribution in [0.2, 0.25) is 5.02 Å².